The summed E-state index contributed by atoms with van der Waals surface area (Å²) in [6, 6.07) is 36.4. The highest BCUT2D eigenvalue weighted by Gasteiger charge is 2.23. The summed E-state index contributed by atoms with van der Waals surface area (Å²) in [4.78, 5) is 18.0. The number of ketones is 1. The van der Waals surface area contributed by atoms with Gasteiger partial charge >= 0.3 is 0 Å². The lowest BCUT2D eigenvalue weighted by molar-refractivity contribution is 0.0976. The second kappa shape index (κ2) is 9.55. The van der Waals surface area contributed by atoms with E-state index in [0.717, 1.165) is 38.0 Å². The molecule has 1 heterocycles. The number of carbonyl (C=O) groups is 1. The number of imidazole rings is 1. The molecular weight excluding hydrogens is 472 g/mol. The van der Waals surface area contributed by atoms with Gasteiger partial charge in [-0.15, -0.1) is 0 Å². The lowest BCUT2D eigenvalue weighted by Gasteiger charge is -2.23. The van der Waals surface area contributed by atoms with E-state index in [4.69, 9.17) is 4.98 Å². The smallest absolute Gasteiger partial charge is 0.162 e. The number of benzene rings is 4. The number of rotatable bonds is 7. The van der Waals surface area contributed by atoms with Crippen LogP contribution in [0.1, 0.15) is 34.8 Å². The van der Waals surface area contributed by atoms with Crippen molar-refractivity contribution >= 4 is 32.7 Å². The van der Waals surface area contributed by atoms with E-state index in [-0.39, 0.29) is 11.8 Å². The lowest BCUT2D eigenvalue weighted by atomic mass is 9.97. The Hall–Kier alpha value is -3.50. The lowest BCUT2D eigenvalue weighted by Crippen LogP contribution is -2.14. The fourth-order valence-electron chi connectivity index (χ4n) is 4.32. The summed E-state index contributed by atoms with van der Waals surface area (Å²) in [5, 5.41) is 0. The number of para-hydroxylation sites is 2. The van der Waals surface area contributed by atoms with Crippen LogP contribution in [0.5, 0.6) is 0 Å². The second-order valence-electron chi connectivity index (χ2n) is 8.06. The van der Waals surface area contributed by atoms with Crippen LogP contribution in [0, 0.1) is 0 Å². The third-order valence-corrected chi connectivity index (χ3v) is 6.46. The molecule has 0 amide bonds. The van der Waals surface area contributed by atoms with Gasteiger partial charge in [-0.3, -0.25) is 4.79 Å². The van der Waals surface area contributed by atoms with E-state index < -0.39 is 0 Å². The molecule has 0 saturated heterocycles. The summed E-state index contributed by atoms with van der Waals surface area (Å²) in [6.45, 7) is 0. The minimum Gasteiger partial charge on any atom is -0.316 e. The fraction of sp³-hybridized carbons (Fsp3) is 0.103. The number of hydrogen-bond donors (Lipinski definition) is 0. The van der Waals surface area contributed by atoms with Crippen molar-refractivity contribution in [2.45, 2.75) is 18.9 Å². The van der Waals surface area contributed by atoms with Gasteiger partial charge < -0.3 is 4.57 Å². The molecule has 0 bridgehead atoms. The second-order valence-corrected chi connectivity index (χ2v) is 8.97. The zero-order valence-electron chi connectivity index (χ0n) is 18.1. The van der Waals surface area contributed by atoms with Gasteiger partial charge in [0.15, 0.2) is 5.78 Å². The Morgan fingerprint density at radius 3 is 2.15 bits per heavy atom. The normalized spacial score (nSPS) is 12.0. The van der Waals surface area contributed by atoms with Crippen LogP contribution in [0.4, 0.5) is 0 Å². The Balaban J connectivity index is 1.62. The number of aromatic nitrogens is 2. The Labute approximate surface area is 201 Å². The molecule has 33 heavy (non-hydrogen) atoms. The van der Waals surface area contributed by atoms with Gasteiger partial charge in [-0.25, -0.2) is 4.98 Å². The first-order valence-electron chi connectivity index (χ1n) is 11.1. The van der Waals surface area contributed by atoms with Gasteiger partial charge in [-0.2, -0.15) is 0 Å². The zero-order valence-corrected chi connectivity index (χ0v) is 19.7. The summed E-state index contributed by atoms with van der Waals surface area (Å²) in [5.41, 5.74) is 4.99. The summed E-state index contributed by atoms with van der Waals surface area (Å²) in [5.74, 6) is 1.07. The highest BCUT2D eigenvalue weighted by atomic mass is 79.9. The first-order chi connectivity index (χ1) is 16.2. The van der Waals surface area contributed by atoms with E-state index in [1.54, 1.807) is 0 Å². The van der Waals surface area contributed by atoms with Gasteiger partial charge in [0, 0.05) is 22.0 Å². The van der Waals surface area contributed by atoms with Crippen molar-refractivity contribution in [3.63, 3.8) is 0 Å². The Morgan fingerprint density at radius 1 is 0.788 bits per heavy atom. The van der Waals surface area contributed by atoms with Crippen LogP contribution in [-0.2, 0) is 0 Å². The number of hydrogen-bond acceptors (Lipinski definition) is 2. The molecule has 0 spiro atoms. The molecule has 4 aromatic carbocycles. The van der Waals surface area contributed by atoms with Crippen LogP contribution >= 0.6 is 15.9 Å². The van der Waals surface area contributed by atoms with E-state index >= 15 is 0 Å². The van der Waals surface area contributed by atoms with Gasteiger partial charge in [0.25, 0.3) is 0 Å². The quantitative estimate of drug-likeness (QED) is 0.217. The standard InChI is InChI=1S/C29H23BrN2O/c30-24-17-15-21(16-18-24)26(19-20-28(33)22-9-3-1-4-10-22)32-27-14-8-7-13-25(27)31-29(32)23-11-5-2-6-12-23/h1-18,26H,19-20H2. The third-order valence-electron chi connectivity index (χ3n) is 5.93. The first kappa shape index (κ1) is 21.4. The monoisotopic (exact) mass is 494 g/mol. The molecule has 1 atom stereocenters. The van der Waals surface area contributed by atoms with Crippen molar-refractivity contribution in [3.8, 4) is 11.4 Å². The molecule has 4 heteroatoms. The van der Waals surface area contributed by atoms with Crippen LogP contribution in [0.15, 0.2) is 114 Å². The zero-order chi connectivity index (χ0) is 22.6. The maximum absolute atomic E-state index is 13.0. The molecule has 0 aliphatic carbocycles. The Morgan fingerprint density at radius 2 is 1.42 bits per heavy atom. The van der Waals surface area contributed by atoms with Gasteiger partial charge in [0.1, 0.15) is 5.82 Å². The Bertz CT molecular complexity index is 1380. The number of Topliss-reactive ketones (excluding diaryl/α,β-unsaturated/α-hetero) is 1. The van der Waals surface area contributed by atoms with Crippen molar-refractivity contribution in [1.82, 2.24) is 9.55 Å². The topological polar surface area (TPSA) is 34.9 Å². The van der Waals surface area contributed by atoms with E-state index in [2.05, 4.69) is 63.0 Å². The molecule has 3 nitrogen and oxygen atoms in total. The van der Waals surface area contributed by atoms with Crippen molar-refractivity contribution in [1.29, 1.82) is 0 Å². The SMILES string of the molecule is O=C(CCC(c1ccc(Br)cc1)n1c(-c2ccccc2)nc2ccccc21)c1ccccc1. The van der Waals surface area contributed by atoms with Crippen LogP contribution in [0.2, 0.25) is 0 Å². The van der Waals surface area contributed by atoms with Crippen molar-refractivity contribution < 1.29 is 4.79 Å². The highest BCUT2D eigenvalue weighted by molar-refractivity contribution is 9.10. The number of fused-ring (bicyclic) bond motifs is 1. The molecule has 0 N–H and O–H groups in total. The van der Waals surface area contributed by atoms with Crippen LogP contribution < -0.4 is 0 Å². The predicted molar refractivity (Wildman–Crippen MR) is 137 cm³/mol. The largest absolute Gasteiger partial charge is 0.316 e. The molecular formula is C29H23BrN2O. The van der Waals surface area contributed by atoms with Gasteiger partial charge in [0.05, 0.1) is 17.1 Å². The molecule has 0 fully saturated rings. The van der Waals surface area contributed by atoms with Crippen molar-refractivity contribution in [2.24, 2.45) is 0 Å². The highest BCUT2D eigenvalue weighted by Crippen LogP contribution is 2.35. The summed E-state index contributed by atoms with van der Waals surface area (Å²) >= 11 is 3.55. The summed E-state index contributed by atoms with van der Waals surface area (Å²) in [7, 11) is 0. The molecule has 0 aliphatic rings. The maximum atomic E-state index is 13.0. The van der Waals surface area contributed by atoms with E-state index in [9.17, 15) is 4.79 Å². The van der Waals surface area contributed by atoms with E-state index in [0.29, 0.717) is 12.8 Å². The minimum absolute atomic E-state index is 0.0339. The molecule has 0 radical (unpaired) electrons. The van der Waals surface area contributed by atoms with Crippen LogP contribution in [-0.4, -0.2) is 15.3 Å². The first-order valence-corrected chi connectivity index (χ1v) is 11.9. The molecule has 162 valence electrons. The molecule has 5 rings (SSSR count). The molecule has 1 aromatic heterocycles. The summed E-state index contributed by atoms with van der Waals surface area (Å²) < 4.78 is 3.33. The number of carbonyl (C=O) groups excluding carboxylic acids is 1. The average Bonchev–Trinajstić information content (AvgIpc) is 3.26. The maximum Gasteiger partial charge on any atom is 0.162 e. The van der Waals surface area contributed by atoms with Crippen molar-refractivity contribution in [3.05, 3.63) is 125 Å². The van der Waals surface area contributed by atoms with Crippen LogP contribution in [0.25, 0.3) is 22.4 Å². The number of halogens is 1. The molecule has 0 aliphatic heterocycles. The van der Waals surface area contributed by atoms with E-state index in [1.807, 2.05) is 66.7 Å². The summed E-state index contributed by atoms with van der Waals surface area (Å²) in [6.07, 6.45) is 1.13. The molecule has 5 aromatic rings. The average molecular weight is 495 g/mol. The van der Waals surface area contributed by atoms with Gasteiger partial charge in [-0.05, 0) is 36.2 Å². The number of nitrogens with zero attached hydrogens (tertiary/aromatic N) is 2. The van der Waals surface area contributed by atoms with Crippen molar-refractivity contribution in [2.75, 3.05) is 0 Å². The Kier molecular flexibility index (Phi) is 6.18. The fourth-order valence-corrected chi connectivity index (χ4v) is 4.58. The molecule has 0 saturated carbocycles. The third kappa shape index (κ3) is 4.53. The van der Waals surface area contributed by atoms with Gasteiger partial charge in [-0.1, -0.05) is 101 Å². The predicted octanol–water partition coefficient (Wildman–Crippen LogP) is 7.72. The van der Waals surface area contributed by atoms with E-state index in [1.165, 1.54) is 0 Å². The minimum atomic E-state index is -0.0339. The van der Waals surface area contributed by atoms with Crippen LogP contribution in [0.3, 0.4) is 0 Å². The van der Waals surface area contributed by atoms with Gasteiger partial charge in [0.2, 0.25) is 0 Å². The molecule has 1 unspecified atom stereocenters.